The second kappa shape index (κ2) is 8.30. The number of aliphatic hydroxyl groups excluding tert-OH is 1. The molecule has 2 aliphatic rings. The Morgan fingerprint density at radius 3 is 1.72 bits per heavy atom. The molecular formula is C28H28O4. The van der Waals surface area contributed by atoms with E-state index in [0.717, 1.165) is 22.3 Å². The lowest BCUT2D eigenvalue weighted by molar-refractivity contribution is -0.153. The Balaban J connectivity index is 1.57. The van der Waals surface area contributed by atoms with Crippen molar-refractivity contribution in [1.82, 2.24) is 0 Å². The zero-order valence-corrected chi connectivity index (χ0v) is 18.3. The van der Waals surface area contributed by atoms with E-state index in [0.29, 0.717) is 6.61 Å². The number of hydrogen-bond donors (Lipinski definition) is 1. The molecule has 1 aliphatic carbocycles. The first-order valence-corrected chi connectivity index (χ1v) is 11.0. The van der Waals surface area contributed by atoms with Crippen molar-refractivity contribution in [1.29, 1.82) is 0 Å². The smallest absolute Gasteiger partial charge is 0.164 e. The van der Waals surface area contributed by atoms with Gasteiger partial charge in [-0.15, -0.1) is 0 Å². The Morgan fingerprint density at radius 2 is 1.25 bits per heavy atom. The maximum absolute atomic E-state index is 10.5. The lowest BCUT2D eigenvalue weighted by atomic mass is 9.80. The van der Waals surface area contributed by atoms with E-state index in [2.05, 4.69) is 36.4 Å². The molecule has 3 aromatic rings. The van der Waals surface area contributed by atoms with Crippen LogP contribution in [0.15, 0.2) is 103 Å². The third-order valence-corrected chi connectivity index (χ3v) is 6.21. The zero-order chi connectivity index (χ0) is 22.2. The summed E-state index contributed by atoms with van der Waals surface area (Å²) in [6, 6.07) is 30.8. The molecule has 3 atom stereocenters. The van der Waals surface area contributed by atoms with Crippen LogP contribution < -0.4 is 0 Å². The van der Waals surface area contributed by atoms with Gasteiger partial charge in [-0.3, -0.25) is 0 Å². The molecule has 4 heteroatoms. The second-order valence-corrected chi connectivity index (χ2v) is 8.82. The van der Waals surface area contributed by atoms with Crippen LogP contribution in [0.3, 0.4) is 0 Å². The monoisotopic (exact) mass is 428 g/mol. The fraction of sp³-hybridized carbons (Fsp3) is 0.286. The van der Waals surface area contributed by atoms with E-state index in [4.69, 9.17) is 14.2 Å². The van der Waals surface area contributed by atoms with E-state index in [-0.39, 0.29) is 6.10 Å². The molecule has 0 aromatic heterocycles. The molecule has 4 nitrogen and oxygen atoms in total. The Hall–Kier alpha value is -2.76. The predicted molar refractivity (Wildman–Crippen MR) is 123 cm³/mol. The number of benzene rings is 3. The molecule has 1 fully saturated rings. The number of rotatable bonds is 6. The average molecular weight is 429 g/mol. The summed E-state index contributed by atoms with van der Waals surface area (Å²) in [5.74, 6) is -0.731. The first-order chi connectivity index (χ1) is 15.5. The highest BCUT2D eigenvalue weighted by Crippen LogP contribution is 2.43. The molecule has 0 amide bonds. The van der Waals surface area contributed by atoms with Gasteiger partial charge in [-0.25, -0.2) is 0 Å². The molecule has 0 bridgehead atoms. The van der Waals surface area contributed by atoms with Gasteiger partial charge in [0.15, 0.2) is 5.79 Å². The Morgan fingerprint density at radius 1 is 0.781 bits per heavy atom. The highest BCUT2D eigenvalue weighted by Gasteiger charge is 2.50. The van der Waals surface area contributed by atoms with Gasteiger partial charge in [0.25, 0.3) is 0 Å². The van der Waals surface area contributed by atoms with Crippen LogP contribution in [-0.2, 0) is 19.8 Å². The molecule has 0 spiro atoms. The molecular weight excluding hydrogens is 400 g/mol. The maximum atomic E-state index is 10.5. The first kappa shape index (κ1) is 21.1. The zero-order valence-electron chi connectivity index (χ0n) is 18.3. The highest BCUT2D eigenvalue weighted by molar-refractivity contribution is 5.47. The van der Waals surface area contributed by atoms with Gasteiger partial charge in [0.1, 0.15) is 23.9 Å². The Labute approximate surface area is 189 Å². The average Bonchev–Trinajstić information content (AvgIpc) is 3.29. The van der Waals surface area contributed by atoms with Crippen molar-refractivity contribution < 1.29 is 19.3 Å². The lowest BCUT2D eigenvalue weighted by Gasteiger charge is -2.36. The van der Waals surface area contributed by atoms with Crippen molar-refractivity contribution in [2.24, 2.45) is 0 Å². The van der Waals surface area contributed by atoms with Crippen LogP contribution >= 0.6 is 0 Å². The SMILES string of the molecule is CC1(C)OC2[C@@H](O)C=C(COC(c3ccccc3)(c3ccccc3)c3ccccc3)[C@@H]2O1. The molecule has 1 heterocycles. The normalized spacial score (nSPS) is 24.2. The molecule has 5 rings (SSSR count). The molecule has 1 saturated heterocycles. The molecule has 32 heavy (non-hydrogen) atoms. The van der Waals surface area contributed by atoms with Crippen LogP contribution in [0.5, 0.6) is 0 Å². The summed E-state index contributed by atoms with van der Waals surface area (Å²) in [6.45, 7) is 4.05. The largest absolute Gasteiger partial charge is 0.386 e. The quantitative estimate of drug-likeness (QED) is 0.452. The lowest BCUT2D eigenvalue weighted by Crippen LogP contribution is -2.35. The summed E-state index contributed by atoms with van der Waals surface area (Å²) >= 11 is 0. The van der Waals surface area contributed by atoms with Crippen LogP contribution in [0.1, 0.15) is 30.5 Å². The standard InChI is InChI=1S/C28H28O4/c1-27(2)31-25-20(18-24(29)26(25)32-27)19-30-28(21-12-6-3-7-13-21,22-14-8-4-9-15-22)23-16-10-5-11-17-23/h3-18,24-26,29H,19H2,1-2H3/t24-,25-,26?/m0/s1. The molecule has 1 unspecified atom stereocenters. The number of aliphatic hydroxyl groups is 1. The van der Waals surface area contributed by atoms with Gasteiger partial charge in [-0.1, -0.05) is 91.0 Å². The van der Waals surface area contributed by atoms with Crippen LogP contribution in [-0.4, -0.2) is 35.8 Å². The van der Waals surface area contributed by atoms with E-state index < -0.39 is 23.6 Å². The highest BCUT2D eigenvalue weighted by atomic mass is 16.8. The molecule has 0 saturated carbocycles. The van der Waals surface area contributed by atoms with Gasteiger partial charge in [0.05, 0.1) is 6.61 Å². The van der Waals surface area contributed by atoms with Crippen molar-refractivity contribution in [3.63, 3.8) is 0 Å². The van der Waals surface area contributed by atoms with E-state index in [1.807, 2.05) is 74.5 Å². The van der Waals surface area contributed by atoms with E-state index in [1.165, 1.54) is 0 Å². The maximum Gasteiger partial charge on any atom is 0.164 e. The fourth-order valence-corrected chi connectivity index (χ4v) is 4.83. The third kappa shape index (κ3) is 3.70. The summed E-state index contributed by atoms with van der Waals surface area (Å²) in [4.78, 5) is 0. The number of hydrogen-bond acceptors (Lipinski definition) is 4. The van der Waals surface area contributed by atoms with Gasteiger partial charge in [0.2, 0.25) is 0 Å². The summed E-state index contributed by atoms with van der Waals surface area (Å²) in [7, 11) is 0. The summed E-state index contributed by atoms with van der Waals surface area (Å²) in [5.41, 5.74) is 3.20. The van der Waals surface area contributed by atoms with Crippen molar-refractivity contribution in [3.8, 4) is 0 Å². The van der Waals surface area contributed by atoms with Crippen molar-refractivity contribution >= 4 is 0 Å². The topological polar surface area (TPSA) is 47.9 Å². The molecule has 1 aliphatic heterocycles. The summed E-state index contributed by atoms with van der Waals surface area (Å²) < 4.78 is 18.9. The van der Waals surface area contributed by atoms with Gasteiger partial charge in [0, 0.05) is 0 Å². The minimum atomic E-state index is -0.817. The summed E-state index contributed by atoms with van der Waals surface area (Å²) in [5, 5.41) is 10.5. The van der Waals surface area contributed by atoms with Gasteiger partial charge in [-0.05, 0) is 42.2 Å². The van der Waals surface area contributed by atoms with E-state index >= 15 is 0 Å². The third-order valence-electron chi connectivity index (χ3n) is 6.21. The van der Waals surface area contributed by atoms with Crippen molar-refractivity contribution in [2.45, 2.75) is 43.5 Å². The summed E-state index contributed by atoms with van der Waals surface area (Å²) in [6.07, 6.45) is 0.388. The van der Waals surface area contributed by atoms with Crippen molar-refractivity contribution in [2.75, 3.05) is 6.61 Å². The fourth-order valence-electron chi connectivity index (χ4n) is 4.83. The second-order valence-electron chi connectivity index (χ2n) is 8.82. The van der Waals surface area contributed by atoms with E-state index in [9.17, 15) is 5.11 Å². The van der Waals surface area contributed by atoms with Gasteiger partial charge in [-0.2, -0.15) is 0 Å². The minimum Gasteiger partial charge on any atom is -0.386 e. The van der Waals surface area contributed by atoms with Crippen LogP contribution in [0, 0.1) is 0 Å². The molecule has 1 N–H and O–H groups in total. The van der Waals surface area contributed by atoms with Gasteiger partial charge >= 0.3 is 0 Å². The molecule has 0 radical (unpaired) electrons. The minimum absolute atomic E-state index is 0.302. The van der Waals surface area contributed by atoms with Crippen LogP contribution in [0.2, 0.25) is 0 Å². The van der Waals surface area contributed by atoms with Crippen LogP contribution in [0.25, 0.3) is 0 Å². The van der Waals surface area contributed by atoms with E-state index in [1.54, 1.807) is 0 Å². The first-order valence-electron chi connectivity index (χ1n) is 11.0. The Bertz CT molecular complexity index is 980. The Kier molecular flexibility index (Phi) is 5.48. The number of fused-ring (bicyclic) bond motifs is 1. The number of ether oxygens (including phenoxy) is 3. The van der Waals surface area contributed by atoms with Gasteiger partial charge < -0.3 is 19.3 Å². The van der Waals surface area contributed by atoms with Crippen molar-refractivity contribution in [3.05, 3.63) is 119 Å². The predicted octanol–water partition coefficient (Wildman–Crippen LogP) is 4.82. The molecule has 3 aromatic carbocycles. The van der Waals surface area contributed by atoms with Crippen LogP contribution in [0.4, 0.5) is 0 Å². The molecule has 164 valence electrons.